The fourth-order valence-corrected chi connectivity index (χ4v) is 2.64. The lowest BCUT2D eigenvalue weighted by Gasteiger charge is -2.06. The Kier molecular flexibility index (Phi) is 3.86. The first-order chi connectivity index (χ1) is 11.1. The Balaban J connectivity index is 1.85. The number of benzene rings is 2. The maximum atomic E-state index is 12.3. The van der Waals surface area contributed by atoms with E-state index in [2.05, 4.69) is 11.4 Å². The molecule has 1 heterocycles. The topological polar surface area (TPSA) is 66.0 Å². The molecule has 3 aromatic rings. The van der Waals surface area contributed by atoms with Crippen LogP contribution in [0.5, 0.6) is 0 Å². The molecule has 114 valence electrons. The van der Waals surface area contributed by atoms with Crippen LogP contribution in [-0.4, -0.2) is 5.91 Å². The number of nitriles is 1. The molecule has 23 heavy (non-hydrogen) atoms. The molecule has 0 fully saturated rings. The van der Waals surface area contributed by atoms with E-state index in [9.17, 15) is 10.1 Å². The molecule has 4 heteroatoms. The van der Waals surface area contributed by atoms with Crippen molar-refractivity contribution in [1.82, 2.24) is 0 Å². The summed E-state index contributed by atoms with van der Waals surface area (Å²) in [5.74, 6) is 0.668. The first-order valence-corrected chi connectivity index (χ1v) is 7.36. The monoisotopic (exact) mass is 304 g/mol. The summed E-state index contributed by atoms with van der Waals surface area (Å²) in [4.78, 5) is 12.3. The number of carbonyl (C=O) groups excluding carboxylic acids is 1. The molecule has 1 N–H and O–H groups in total. The van der Waals surface area contributed by atoms with Crippen LogP contribution in [-0.2, 0) is 11.2 Å². The first-order valence-electron chi connectivity index (χ1n) is 7.36. The number of anilines is 1. The van der Waals surface area contributed by atoms with Crippen molar-refractivity contribution in [2.24, 2.45) is 0 Å². The molecule has 0 atom stereocenters. The third kappa shape index (κ3) is 2.82. The van der Waals surface area contributed by atoms with E-state index in [1.807, 2.05) is 42.5 Å². The van der Waals surface area contributed by atoms with Crippen LogP contribution in [0.3, 0.4) is 0 Å². The van der Waals surface area contributed by atoms with Crippen molar-refractivity contribution in [3.8, 4) is 6.07 Å². The summed E-state index contributed by atoms with van der Waals surface area (Å²) in [5, 5.41) is 14.1. The zero-order valence-corrected chi connectivity index (χ0v) is 13.0. The minimum absolute atomic E-state index is 0.202. The van der Waals surface area contributed by atoms with Crippen molar-refractivity contribution in [1.29, 1.82) is 5.26 Å². The van der Waals surface area contributed by atoms with Crippen molar-refractivity contribution in [3.63, 3.8) is 0 Å². The smallest absolute Gasteiger partial charge is 0.231 e. The Bertz CT molecular complexity index is 927. The Labute approximate surface area is 134 Å². The first kappa shape index (κ1) is 14.9. The van der Waals surface area contributed by atoms with E-state index in [0.29, 0.717) is 11.3 Å². The zero-order valence-electron chi connectivity index (χ0n) is 13.0. The SMILES string of the molecule is Cc1oc(NC(=O)Cc2cccc3ccccc23)c(C#N)c1C. The van der Waals surface area contributed by atoms with Gasteiger partial charge in [-0.25, -0.2) is 0 Å². The van der Waals surface area contributed by atoms with Gasteiger partial charge in [-0.15, -0.1) is 0 Å². The number of carbonyl (C=O) groups is 1. The second-order valence-electron chi connectivity index (χ2n) is 5.46. The number of furan rings is 1. The average Bonchev–Trinajstić information content (AvgIpc) is 2.81. The molecule has 0 bridgehead atoms. The van der Waals surface area contributed by atoms with Gasteiger partial charge in [-0.1, -0.05) is 42.5 Å². The number of rotatable bonds is 3. The standard InChI is InChI=1S/C19H16N2O2/c1-12-13(2)23-19(17(12)11-20)21-18(22)10-15-8-5-7-14-6-3-4-9-16(14)15/h3-9H,10H2,1-2H3,(H,21,22). The molecule has 3 rings (SSSR count). The van der Waals surface area contributed by atoms with E-state index in [-0.39, 0.29) is 18.2 Å². The largest absolute Gasteiger partial charge is 0.444 e. The normalized spacial score (nSPS) is 10.5. The van der Waals surface area contributed by atoms with Gasteiger partial charge < -0.3 is 4.42 Å². The average molecular weight is 304 g/mol. The highest BCUT2D eigenvalue weighted by molar-refractivity contribution is 5.96. The molecule has 0 spiro atoms. The predicted molar refractivity (Wildman–Crippen MR) is 89.2 cm³/mol. The quantitative estimate of drug-likeness (QED) is 0.792. The summed E-state index contributed by atoms with van der Waals surface area (Å²) in [7, 11) is 0. The molecule has 4 nitrogen and oxygen atoms in total. The summed E-state index contributed by atoms with van der Waals surface area (Å²) in [6, 6.07) is 15.9. The van der Waals surface area contributed by atoms with Gasteiger partial charge >= 0.3 is 0 Å². The molecule has 0 saturated heterocycles. The molecule has 0 unspecified atom stereocenters. The van der Waals surface area contributed by atoms with Gasteiger partial charge in [0.2, 0.25) is 11.8 Å². The van der Waals surface area contributed by atoms with Gasteiger partial charge in [0.1, 0.15) is 17.4 Å². The molecule has 0 aliphatic heterocycles. The maximum absolute atomic E-state index is 12.3. The highest BCUT2D eigenvalue weighted by Crippen LogP contribution is 2.26. The van der Waals surface area contributed by atoms with E-state index in [0.717, 1.165) is 21.9 Å². The molecule has 0 radical (unpaired) electrons. The van der Waals surface area contributed by atoms with E-state index in [1.165, 1.54) is 0 Å². The lowest BCUT2D eigenvalue weighted by molar-refractivity contribution is -0.115. The van der Waals surface area contributed by atoms with Gasteiger partial charge in [0.15, 0.2) is 0 Å². The lowest BCUT2D eigenvalue weighted by atomic mass is 10.0. The van der Waals surface area contributed by atoms with Gasteiger partial charge in [-0.2, -0.15) is 5.26 Å². The van der Waals surface area contributed by atoms with Crippen LogP contribution in [0.2, 0.25) is 0 Å². The fraction of sp³-hybridized carbons (Fsp3) is 0.158. The highest BCUT2D eigenvalue weighted by atomic mass is 16.4. The Morgan fingerprint density at radius 3 is 2.70 bits per heavy atom. The molecular formula is C19H16N2O2. The van der Waals surface area contributed by atoms with E-state index in [1.54, 1.807) is 13.8 Å². The van der Waals surface area contributed by atoms with Crippen LogP contribution in [0.25, 0.3) is 10.8 Å². The van der Waals surface area contributed by atoms with Crippen molar-refractivity contribution in [3.05, 3.63) is 64.9 Å². The summed E-state index contributed by atoms with van der Waals surface area (Å²) in [6.45, 7) is 3.58. The maximum Gasteiger partial charge on any atom is 0.231 e. The molecule has 0 saturated carbocycles. The Morgan fingerprint density at radius 1 is 1.17 bits per heavy atom. The second kappa shape index (κ2) is 5.98. The van der Waals surface area contributed by atoms with E-state index in [4.69, 9.17) is 4.42 Å². The second-order valence-corrected chi connectivity index (χ2v) is 5.46. The van der Waals surface area contributed by atoms with Crippen LogP contribution >= 0.6 is 0 Å². The van der Waals surface area contributed by atoms with Gasteiger partial charge in [0.25, 0.3) is 0 Å². The minimum Gasteiger partial charge on any atom is -0.444 e. The van der Waals surface area contributed by atoms with E-state index < -0.39 is 0 Å². The molecule has 0 aliphatic rings. The number of nitrogens with zero attached hydrogens (tertiary/aromatic N) is 1. The lowest BCUT2D eigenvalue weighted by Crippen LogP contribution is -2.14. The van der Waals surface area contributed by atoms with E-state index >= 15 is 0 Å². The molecule has 1 amide bonds. The number of aryl methyl sites for hydroxylation is 1. The molecule has 0 aliphatic carbocycles. The van der Waals surface area contributed by atoms with Crippen molar-refractivity contribution >= 4 is 22.6 Å². The van der Waals surface area contributed by atoms with Crippen molar-refractivity contribution in [2.45, 2.75) is 20.3 Å². The fourth-order valence-electron chi connectivity index (χ4n) is 2.64. The third-order valence-corrected chi connectivity index (χ3v) is 3.98. The van der Waals surface area contributed by atoms with Crippen molar-refractivity contribution in [2.75, 3.05) is 5.32 Å². The number of nitrogens with one attached hydrogen (secondary N) is 1. The third-order valence-electron chi connectivity index (χ3n) is 3.98. The number of fused-ring (bicyclic) bond motifs is 1. The minimum atomic E-state index is -0.202. The zero-order chi connectivity index (χ0) is 16.4. The molecule has 1 aromatic heterocycles. The van der Waals surface area contributed by atoms with Crippen LogP contribution in [0.1, 0.15) is 22.5 Å². The number of hydrogen-bond acceptors (Lipinski definition) is 3. The number of amides is 1. The predicted octanol–water partition coefficient (Wildman–Crippen LogP) is 4.10. The van der Waals surface area contributed by atoms with Crippen molar-refractivity contribution < 1.29 is 9.21 Å². The Morgan fingerprint density at radius 2 is 1.91 bits per heavy atom. The van der Waals surface area contributed by atoms with Crippen LogP contribution in [0, 0.1) is 25.2 Å². The highest BCUT2D eigenvalue weighted by Gasteiger charge is 2.17. The van der Waals surface area contributed by atoms with Gasteiger partial charge in [-0.3, -0.25) is 10.1 Å². The van der Waals surface area contributed by atoms with Gasteiger partial charge in [-0.05, 0) is 30.2 Å². The summed E-state index contributed by atoms with van der Waals surface area (Å²) < 4.78 is 5.48. The van der Waals surface area contributed by atoms with Crippen LogP contribution in [0.15, 0.2) is 46.9 Å². The number of hydrogen-bond donors (Lipinski definition) is 1. The van der Waals surface area contributed by atoms with Gasteiger partial charge in [0.05, 0.1) is 6.42 Å². The summed E-state index contributed by atoms with van der Waals surface area (Å²) >= 11 is 0. The van der Waals surface area contributed by atoms with Gasteiger partial charge in [0, 0.05) is 5.56 Å². The van der Waals surface area contributed by atoms with Crippen LogP contribution < -0.4 is 5.32 Å². The summed E-state index contributed by atoms with van der Waals surface area (Å²) in [5.41, 5.74) is 2.08. The Hall–Kier alpha value is -3.06. The molecule has 2 aromatic carbocycles. The molecular weight excluding hydrogens is 288 g/mol. The van der Waals surface area contributed by atoms with Crippen LogP contribution in [0.4, 0.5) is 5.88 Å². The summed E-state index contributed by atoms with van der Waals surface area (Å²) in [6.07, 6.45) is 0.227.